The number of aryl methyl sites for hydroxylation is 4. The van der Waals surface area contributed by atoms with E-state index in [4.69, 9.17) is 0 Å². The van der Waals surface area contributed by atoms with Crippen molar-refractivity contribution in [3.8, 4) is 0 Å². The monoisotopic (exact) mass is 325 g/mol. The molecule has 0 fully saturated rings. The summed E-state index contributed by atoms with van der Waals surface area (Å²) >= 11 is 0. The molecule has 4 heteroatoms. The smallest absolute Gasteiger partial charge is 0.326 e. The molecule has 0 heterocycles. The fourth-order valence-electron chi connectivity index (χ4n) is 2.92. The van der Waals surface area contributed by atoms with Gasteiger partial charge in [0.2, 0.25) is 0 Å². The van der Waals surface area contributed by atoms with E-state index < -0.39 is 12.0 Å². The molecule has 1 amide bonds. The number of nitrogens with one attached hydrogen (secondary N) is 1. The molecule has 0 aromatic heterocycles. The predicted molar refractivity (Wildman–Crippen MR) is 94.4 cm³/mol. The first-order valence-corrected chi connectivity index (χ1v) is 7.95. The van der Waals surface area contributed by atoms with Gasteiger partial charge in [0, 0.05) is 12.0 Å². The normalized spacial score (nSPS) is 11.8. The fraction of sp³-hybridized carbons (Fsp3) is 0.300. The Labute approximate surface area is 142 Å². The van der Waals surface area contributed by atoms with Gasteiger partial charge in [0.1, 0.15) is 6.04 Å². The maximum absolute atomic E-state index is 12.4. The van der Waals surface area contributed by atoms with Crippen LogP contribution in [0.15, 0.2) is 36.4 Å². The molecule has 126 valence electrons. The van der Waals surface area contributed by atoms with Crippen LogP contribution >= 0.6 is 0 Å². The molecule has 0 radical (unpaired) electrons. The second kappa shape index (κ2) is 7.30. The topological polar surface area (TPSA) is 66.4 Å². The van der Waals surface area contributed by atoms with Crippen molar-refractivity contribution >= 4 is 11.9 Å². The van der Waals surface area contributed by atoms with E-state index in [2.05, 4.69) is 5.32 Å². The predicted octanol–water partition coefficient (Wildman–Crippen LogP) is 3.35. The number of carboxylic acids is 1. The molecule has 0 saturated heterocycles. The molecule has 0 unspecified atom stereocenters. The van der Waals surface area contributed by atoms with Crippen LogP contribution in [0.1, 0.15) is 38.2 Å². The molecule has 1 atom stereocenters. The largest absolute Gasteiger partial charge is 0.480 e. The average Bonchev–Trinajstić information content (AvgIpc) is 2.48. The second-order valence-corrected chi connectivity index (χ2v) is 6.32. The summed E-state index contributed by atoms with van der Waals surface area (Å²) in [6.45, 7) is 7.73. The van der Waals surface area contributed by atoms with Crippen LogP contribution in [-0.2, 0) is 11.2 Å². The number of rotatable bonds is 5. The van der Waals surface area contributed by atoms with E-state index in [1.165, 1.54) is 0 Å². The third kappa shape index (κ3) is 4.22. The third-order valence-electron chi connectivity index (χ3n) is 4.14. The summed E-state index contributed by atoms with van der Waals surface area (Å²) < 4.78 is 0. The Balaban J connectivity index is 2.22. The fourth-order valence-corrected chi connectivity index (χ4v) is 2.92. The molecule has 2 rings (SSSR count). The minimum absolute atomic E-state index is 0.268. The van der Waals surface area contributed by atoms with Crippen molar-refractivity contribution in [2.75, 3.05) is 0 Å². The summed E-state index contributed by atoms with van der Waals surface area (Å²) in [6.07, 6.45) is 0.268. The summed E-state index contributed by atoms with van der Waals surface area (Å²) in [5.74, 6) is -1.39. The molecular formula is C20H23NO3. The minimum atomic E-state index is -1.03. The molecule has 2 aromatic carbocycles. The van der Waals surface area contributed by atoms with Crippen molar-refractivity contribution in [3.63, 3.8) is 0 Å². The molecule has 0 saturated carbocycles. The number of carbonyl (C=O) groups is 2. The molecule has 24 heavy (non-hydrogen) atoms. The zero-order valence-corrected chi connectivity index (χ0v) is 14.5. The number of hydrogen-bond acceptors (Lipinski definition) is 2. The molecule has 0 spiro atoms. The van der Waals surface area contributed by atoms with Gasteiger partial charge < -0.3 is 10.4 Å². The van der Waals surface area contributed by atoms with Crippen molar-refractivity contribution in [1.29, 1.82) is 0 Å². The lowest BCUT2D eigenvalue weighted by Crippen LogP contribution is -2.42. The Morgan fingerprint density at radius 3 is 2.04 bits per heavy atom. The summed E-state index contributed by atoms with van der Waals surface area (Å²) in [5, 5.41) is 12.2. The highest BCUT2D eigenvalue weighted by Crippen LogP contribution is 2.16. The van der Waals surface area contributed by atoms with Gasteiger partial charge in [0.05, 0.1) is 0 Å². The Bertz CT molecular complexity index is 740. The maximum Gasteiger partial charge on any atom is 0.326 e. The van der Waals surface area contributed by atoms with Gasteiger partial charge in [-0.25, -0.2) is 4.79 Å². The molecule has 2 N–H and O–H groups in total. The van der Waals surface area contributed by atoms with Gasteiger partial charge in [-0.2, -0.15) is 0 Å². The molecule has 0 aliphatic carbocycles. The van der Waals surface area contributed by atoms with E-state index >= 15 is 0 Å². The van der Waals surface area contributed by atoms with Crippen LogP contribution in [0.3, 0.4) is 0 Å². The van der Waals surface area contributed by atoms with Crippen molar-refractivity contribution < 1.29 is 14.7 Å². The molecule has 0 aliphatic rings. The lowest BCUT2D eigenvalue weighted by molar-refractivity contribution is -0.139. The summed E-state index contributed by atoms with van der Waals surface area (Å²) in [7, 11) is 0. The van der Waals surface area contributed by atoms with Crippen LogP contribution in [-0.4, -0.2) is 23.0 Å². The first-order chi connectivity index (χ1) is 11.3. The minimum Gasteiger partial charge on any atom is -0.480 e. The second-order valence-electron chi connectivity index (χ2n) is 6.32. The van der Waals surface area contributed by atoms with Gasteiger partial charge in [-0.3, -0.25) is 4.79 Å². The number of hydrogen-bond donors (Lipinski definition) is 2. The summed E-state index contributed by atoms with van der Waals surface area (Å²) in [4.78, 5) is 24.1. The summed E-state index contributed by atoms with van der Waals surface area (Å²) in [5.41, 5.74) is 5.46. The summed E-state index contributed by atoms with van der Waals surface area (Å²) in [6, 6.07) is 10.4. The van der Waals surface area contributed by atoms with E-state index in [1.54, 1.807) is 12.1 Å². The number of carbonyl (C=O) groups excluding carboxylic acids is 1. The lowest BCUT2D eigenvalue weighted by atomic mass is 9.96. The highest BCUT2D eigenvalue weighted by Gasteiger charge is 2.22. The van der Waals surface area contributed by atoms with E-state index in [-0.39, 0.29) is 12.3 Å². The van der Waals surface area contributed by atoms with Gasteiger partial charge in [-0.15, -0.1) is 0 Å². The third-order valence-corrected chi connectivity index (χ3v) is 4.14. The van der Waals surface area contributed by atoms with Crippen molar-refractivity contribution in [1.82, 2.24) is 5.32 Å². The van der Waals surface area contributed by atoms with Crippen molar-refractivity contribution in [2.24, 2.45) is 0 Å². The van der Waals surface area contributed by atoms with E-state index in [9.17, 15) is 14.7 Å². The Kier molecular flexibility index (Phi) is 5.39. The van der Waals surface area contributed by atoms with Crippen LogP contribution < -0.4 is 5.32 Å². The first-order valence-electron chi connectivity index (χ1n) is 7.95. The highest BCUT2D eigenvalue weighted by atomic mass is 16.4. The Hall–Kier alpha value is -2.62. The molecule has 4 nitrogen and oxygen atoms in total. The quantitative estimate of drug-likeness (QED) is 0.886. The van der Waals surface area contributed by atoms with Gasteiger partial charge in [-0.05, 0) is 56.5 Å². The first kappa shape index (κ1) is 17.7. The molecule has 0 bridgehead atoms. The van der Waals surface area contributed by atoms with Crippen molar-refractivity contribution in [3.05, 3.63) is 69.8 Å². The van der Waals surface area contributed by atoms with Gasteiger partial charge in [-0.1, -0.05) is 35.4 Å². The van der Waals surface area contributed by atoms with E-state index in [0.717, 1.165) is 27.8 Å². The van der Waals surface area contributed by atoms with Crippen molar-refractivity contribution in [2.45, 2.75) is 40.2 Å². The number of benzene rings is 2. The van der Waals surface area contributed by atoms with Crippen LogP contribution in [0.25, 0.3) is 0 Å². The highest BCUT2D eigenvalue weighted by molar-refractivity contribution is 5.97. The molecule has 2 aromatic rings. The van der Waals surface area contributed by atoms with Gasteiger partial charge in [0.25, 0.3) is 5.91 Å². The maximum atomic E-state index is 12.4. The van der Waals surface area contributed by atoms with Crippen LogP contribution in [0, 0.1) is 27.7 Å². The van der Waals surface area contributed by atoms with Crippen LogP contribution in [0.4, 0.5) is 0 Å². The molecule has 0 aliphatic heterocycles. The SMILES string of the molecule is Cc1cc(C)cc(C(=O)N[C@@H](Cc2c(C)cccc2C)C(=O)O)c1. The standard InChI is InChI=1S/C20H23NO3/c1-12-8-13(2)10-16(9-12)19(22)21-18(20(23)24)11-17-14(3)6-5-7-15(17)4/h5-10,18H,11H2,1-4H3,(H,21,22)(H,23,24)/t18-/m0/s1. The van der Waals surface area contributed by atoms with Gasteiger partial charge >= 0.3 is 5.97 Å². The number of carboxylic acid groups (broad SMARTS) is 1. The van der Waals surface area contributed by atoms with Gasteiger partial charge in [0.15, 0.2) is 0 Å². The Morgan fingerprint density at radius 1 is 1.00 bits per heavy atom. The van der Waals surface area contributed by atoms with Crippen LogP contribution in [0.5, 0.6) is 0 Å². The lowest BCUT2D eigenvalue weighted by Gasteiger charge is -2.18. The van der Waals surface area contributed by atoms with Crippen LogP contribution in [0.2, 0.25) is 0 Å². The van der Waals surface area contributed by atoms with E-state index in [1.807, 2.05) is 52.0 Å². The number of aliphatic carboxylic acids is 1. The zero-order valence-electron chi connectivity index (χ0n) is 14.5. The zero-order chi connectivity index (χ0) is 17.9. The average molecular weight is 325 g/mol. The van der Waals surface area contributed by atoms with E-state index in [0.29, 0.717) is 5.56 Å². The number of amides is 1. The molecular weight excluding hydrogens is 302 g/mol. The Morgan fingerprint density at radius 2 is 1.54 bits per heavy atom.